The van der Waals surface area contributed by atoms with Crippen molar-refractivity contribution in [3.8, 4) is 0 Å². The van der Waals surface area contributed by atoms with Crippen molar-refractivity contribution >= 4 is 11.7 Å². The van der Waals surface area contributed by atoms with E-state index in [-0.39, 0.29) is 11.9 Å². The summed E-state index contributed by atoms with van der Waals surface area (Å²) in [5, 5.41) is 6.59. The predicted molar refractivity (Wildman–Crippen MR) is 100 cm³/mol. The van der Waals surface area contributed by atoms with E-state index in [4.69, 9.17) is 4.74 Å². The first kappa shape index (κ1) is 17.0. The highest BCUT2D eigenvalue weighted by Gasteiger charge is 2.22. The van der Waals surface area contributed by atoms with Crippen LogP contribution < -0.4 is 15.5 Å². The molecule has 0 saturated carbocycles. The number of rotatable bonds is 4. The first-order chi connectivity index (χ1) is 12.8. The number of aromatic nitrogens is 1. The molecule has 0 aliphatic carbocycles. The van der Waals surface area contributed by atoms with E-state index in [1.165, 1.54) is 11.1 Å². The molecule has 1 aromatic heterocycles. The van der Waals surface area contributed by atoms with E-state index in [2.05, 4.69) is 44.8 Å². The van der Waals surface area contributed by atoms with Crippen LogP contribution in [0.25, 0.3) is 0 Å². The van der Waals surface area contributed by atoms with E-state index in [1.807, 2.05) is 12.1 Å². The fourth-order valence-electron chi connectivity index (χ4n) is 3.67. The van der Waals surface area contributed by atoms with Gasteiger partial charge in [0.15, 0.2) is 0 Å². The molecule has 136 valence electrons. The molecule has 6 heteroatoms. The van der Waals surface area contributed by atoms with Gasteiger partial charge in [-0.15, -0.1) is 0 Å². The van der Waals surface area contributed by atoms with Gasteiger partial charge in [0.05, 0.1) is 18.8 Å². The molecule has 4 rings (SSSR count). The second-order valence-electron chi connectivity index (χ2n) is 6.64. The van der Waals surface area contributed by atoms with E-state index in [0.29, 0.717) is 25.3 Å². The van der Waals surface area contributed by atoms with Crippen LogP contribution in [0.2, 0.25) is 0 Å². The highest BCUT2D eigenvalue weighted by Crippen LogP contribution is 2.23. The lowest BCUT2D eigenvalue weighted by Crippen LogP contribution is -2.40. The van der Waals surface area contributed by atoms with Crippen LogP contribution in [-0.2, 0) is 11.2 Å². The molecule has 0 bridgehead atoms. The molecule has 26 heavy (non-hydrogen) atoms. The van der Waals surface area contributed by atoms with Crippen molar-refractivity contribution < 1.29 is 9.53 Å². The monoisotopic (exact) mass is 352 g/mol. The number of carbonyl (C=O) groups excluding carboxylic acids is 1. The number of nitrogens with zero attached hydrogens (tertiary/aromatic N) is 2. The summed E-state index contributed by atoms with van der Waals surface area (Å²) in [5.74, 6) is 0.662. The van der Waals surface area contributed by atoms with Crippen LogP contribution in [0.4, 0.5) is 5.82 Å². The van der Waals surface area contributed by atoms with Crippen LogP contribution in [0.1, 0.15) is 27.5 Å². The minimum Gasteiger partial charge on any atom is -0.378 e. The second-order valence-corrected chi connectivity index (χ2v) is 6.64. The first-order valence-electron chi connectivity index (χ1n) is 9.20. The summed E-state index contributed by atoms with van der Waals surface area (Å²) in [7, 11) is 0. The van der Waals surface area contributed by atoms with Crippen molar-refractivity contribution in [2.24, 2.45) is 0 Å². The van der Waals surface area contributed by atoms with Gasteiger partial charge in [-0.25, -0.2) is 4.98 Å². The summed E-state index contributed by atoms with van der Waals surface area (Å²) >= 11 is 0. The van der Waals surface area contributed by atoms with E-state index < -0.39 is 0 Å². The highest BCUT2D eigenvalue weighted by atomic mass is 16.5. The Hall–Kier alpha value is -2.44. The van der Waals surface area contributed by atoms with Gasteiger partial charge in [0.1, 0.15) is 5.82 Å². The van der Waals surface area contributed by atoms with Gasteiger partial charge in [-0.2, -0.15) is 0 Å². The summed E-state index contributed by atoms with van der Waals surface area (Å²) in [5.41, 5.74) is 3.26. The van der Waals surface area contributed by atoms with Gasteiger partial charge < -0.3 is 20.3 Å². The third-order valence-corrected chi connectivity index (χ3v) is 5.02. The molecule has 1 aromatic carbocycles. The number of nitrogens with one attached hydrogen (secondary N) is 2. The molecule has 2 aliphatic heterocycles. The zero-order valence-electron chi connectivity index (χ0n) is 14.8. The lowest BCUT2D eigenvalue weighted by Gasteiger charge is -2.29. The van der Waals surface area contributed by atoms with E-state index in [9.17, 15) is 4.79 Å². The van der Waals surface area contributed by atoms with Gasteiger partial charge in [0, 0.05) is 31.9 Å². The number of hydrogen-bond donors (Lipinski definition) is 2. The molecule has 1 saturated heterocycles. The number of benzene rings is 1. The Balaban J connectivity index is 1.46. The number of pyridine rings is 1. The third kappa shape index (κ3) is 3.57. The number of fused-ring (bicyclic) bond motifs is 1. The van der Waals surface area contributed by atoms with Gasteiger partial charge in [0.2, 0.25) is 0 Å². The maximum Gasteiger partial charge on any atom is 0.255 e. The van der Waals surface area contributed by atoms with Gasteiger partial charge in [0.25, 0.3) is 5.91 Å². The third-order valence-electron chi connectivity index (χ3n) is 5.02. The number of amides is 1. The van der Waals surface area contributed by atoms with E-state index >= 15 is 0 Å². The molecule has 1 atom stereocenters. The SMILES string of the molecule is O=C(NCC1NCCc2ccccc21)c1cccnc1N1CCOCC1. The van der Waals surface area contributed by atoms with Crippen molar-refractivity contribution in [1.82, 2.24) is 15.6 Å². The van der Waals surface area contributed by atoms with Crippen LogP contribution in [0.5, 0.6) is 0 Å². The van der Waals surface area contributed by atoms with Crippen LogP contribution in [0.15, 0.2) is 42.6 Å². The highest BCUT2D eigenvalue weighted by molar-refractivity contribution is 5.98. The number of anilines is 1. The van der Waals surface area contributed by atoms with Gasteiger partial charge in [-0.05, 0) is 36.2 Å². The summed E-state index contributed by atoms with van der Waals surface area (Å²) in [6.07, 6.45) is 2.77. The number of morpholine rings is 1. The van der Waals surface area contributed by atoms with Gasteiger partial charge >= 0.3 is 0 Å². The molecular formula is C20H24N4O2. The molecular weight excluding hydrogens is 328 g/mol. The fraction of sp³-hybridized carbons (Fsp3) is 0.400. The fourth-order valence-corrected chi connectivity index (χ4v) is 3.67. The Morgan fingerprint density at radius 3 is 2.96 bits per heavy atom. The molecule has 1 amide bonds. The molecule has 6 nitrogen and oxygen atoms in total. The standard InChI is InChI=1S/C20H24N4O2/c25-20(17-6-3-8-22-19(17)24-10-12-26-13-11-24)23-14-18-16-5-2-1-4-15(16)7-9-21-18/h1-6,8,18,21H,7,9-14H2,(H,23,25). The molecule has 2 N–H and O–H groups in total. The summed E-state index contributed by atoms with van der Waals surface area (Å²) < 4.78 is 5.40. The van der Waals surface area contributed by atoms with Crippen molar-refractivity contribution in [3.63, 3.8) is 0 Å². The van der Waals surface area contributed by atoms with Crippen LogP contribution in [0.3, 0.4) is 0 Å². The maximum atomic E-state index is 12.8. The van der Waals surface area contributed by atoms with Crippen molar-refractivity contribution in [3.05, 3.63) is 59.3 Å². The lowest BCUT2D eigenvalue weighted by atomic mass is 9.94. The average molecular weight is 352 g/mol. The minimum absolute atomic E-state index is 0.0792. The van der Waals surface area contributed by atoms with Gasteiger partial charge in [-0.1, -0.05) is 24.3 Å². The Bertz CT molecular complexity index is 774. The van der Waals surface area contributed by atoms with Crippen LogP contribution >= 0.6 is 0 Å². The number of carbonyl (C=O) groups is 1. The first-order valence-corrected chi connectivity index (χ1v) is 9.20. The largest absolute Gasteiger partial charge is 0.378 e. The summed E-state index contributed by atoms with van der Waals surface area (Å²) in [6, 6.07) is 12.2. The Labute approximate surface area is 153 Å². The molecule has 2 aliphatic rings. The molecule has 1 fully saturated rings. The summed E-state index contributed by atoms with van der Waals surface area (Å²) in [6.45, 7) is 4.35. The minimum atomic E-state index is -0.0792. The predicted octanol–water partition coefficient (Wildman–Crippen LogP) is 1.53. The van der Waals surface area contributed by atoms with Crippen LogP contribution in [-0.4, -0.2) is 50.3 Å². The normalized spacial score (nSPS) is 19.7. The van der Waals surface area contributed by atoms with Gasteiger partial charge in [-0.3, -0.25) is 4.79 Å². The maximum absolute atomic E-state index is 12.8. The van der Waals surface area contributed by atoms with Crippen LogP contribution in [0, 0.1) is 0 Å². The Morgan fingerprint density at radius 1 is 1.23 bits per heavy atom. The second kappa shape index (κ2) is 7.85. The molecule has 2 aromatic rings. The molecule has 3 heterocycles. The lowest BCUT2D eigenvalue weighted by molar-refractivity contribution is 0.0947. The molecule has 0 spiro atoms. The molecule has 0 radical (unpaired) electrons. The average Bonchev–Trinajstić information content (AvgIpc) is 2.72. The zero-order valence-corrected chi connectivity index (χ0v) is 14.8. The van der Waals surface area contributed by atoms with E-state index in [0.717, 1.165) is 31.9 Å². The molecule has 1 unspecified atom stereocenters. The quantitative estimate of drug-likeness (QED) is 0.874. The smallest absolute Gasteiger partial charge is 0.255 e. The number of ether oxygens (including phenoxy) is 1. The Kier molecular flexibility index (Phi) is 5.13. The summed E-state index contributed by atoms with van der Waals surface area (Å²) in [4.78, 5) is 19.4. The van der Waals surface area contributed by atoms with Crippen molar-refractivity contribution in [2.45, 2.75) is 12.5 Å². The zero-order chi connectivity index (χ0) is 17.8. The van der Waals surface area contributed by atoms with Crippen molar-refractivity contribution in [2.75, 3.05) is 44.3 Å². The topological polar surface area (TPSA) is 66.5 Å². The van der Waals surface area contributed by atoms with Crippen molar-refractivity contribution in [1.29, 1.82) is 0 Å². The number of hydrogen-bond acceptors (Lipinski definition) is 5. The van der Waals surface area contributed by atoms with E-state index in [1.54, 1.807) is 6.20 Å². The Morgan fingerprint density at radius 2 is 2.08 bits per heavy atom.